The van der Waals surface area contributed by atoms with E-state index in [1.807, 2.05) is 15.7 Å². The van der Waals surface area contributed by atoms with Crippen molar-refractivity contribution in [2.45, 2.75) is 33.4 Å². The lowest BCUT2D eigenvalue weighted by atomic mass is 10.3. The highest BCUT2D eigenvalue weighted by Crippen LogP contribution is 2.12. The molecule has 0 bridgehead atoms. The SMILES string of the molecule is CCN(CC)c1nc(N)nc(NC(C)Cn2ccnc2)n1. The number of imidazole rings is 1. The molecular formula is C13H22N8. The highest BCUT2D eigenvalue weighted by Gasteiger charge is 2.11. The van der Waals surface area contributed by atoms with Crippen molar-refractivity contribution in [3.8, 4) is 0 Å². The summed E-state index contributed by atoms with van der Waals surface area (Å²) in [5.74, 6) is 1.33. The number of nitrogens with one attached hydrogen (secondary N) is 1. The maximum Gasteiger partial charge on any atom is 0.231 e. The molecule has 114 valence electrons. The summed E-state index contributed by atoms with van der Waals surface area (Å²) in [5.41, 5.74) is 5.77. The van der Waals surface area contributed by atoms with Gasteiger partial charge in [0.1, 0.15) is 0 Å². The Hall–Kier alpha value is -2.38. The molecule has 0 aliphatic rings. The Morgan fingerprint density at radius 1 is 1.29 bits per heavy atom. The zero-order valence-electron chi connectivity index (χ0n) is 12.7. The van der Waals surface area contributed by atoms with E-state index in [0.717, 1.165) is 19.6 Å². The molecule has 8 heteroatoms. The predicted molar refractivity (Wildman–Crippen MR) is 83.1 cm³/mol. The van der Waals surface area contributed by atoms with Gasteiger partial charge in [0.2, 0.25) is 17.8 Å². The topological polar surface area (TPSA) is 97.8 Å². The van der Waals surface area contributed by atoms with Crippen LogP contribution in [0.1, 0.15) is 20.8 Å². The fraction of sp³-hybridized carbons (Fsp3) is 0.538. The molecular weight excluding hydrogens is 268 g/mol. The van der Waals surface area contributed by atoms with E-state index in [9.17, 15) is 0 Å². The third-order valence-corrected chi connectivity index (χ3v) is 3.11. The van der Waals surface area contributed by atoms with Crippen LogP contribution in [0.4, 0.5) is 17.8 Å². The van der Waals surface area contributed by atoms with Crippen molar-refractivity contribution in [2.24, 2.45) is 0 Å². The predicted octanol–water partition coefficient (Wildman–Crippen LogP) is 0.997. The molecule has 0 spiro atoms. The van der Waals surface area contributed by atoms with Crippen molar-refractivity contribution < 1.29 is 0 Å². The minimum atomic E-state index is 0.144. The van der Waals surface area contributed by atoms with E-state index < -0.39 is 0 Å². The Bertz CT molecular complexity index is 549. The van der Waals surface area contributed by atoms with Gasteiger partial charge in [-0.1, -0.05) is 0 Å². The maximum absolute atomic E-state index is 5.77. The van der Waals surface area contributed by atoms with Crippen LogP contribution in [-0.2, 0) is 6.54 Å². The van der Waals surface area contributed by atoms with Gasteiger partial charge in [-0.3, -0.25) is 0 Å². The highest BCUT2D eigenvalue weighted by atomic mass is 15.3. The number of anilines is 3. The molecule has 2 aromatic rings. The summed E-state index contributed by atoms with van der Waals surface area (Å²) in [6.45, 7) is 8.58. The summed E-state index contributed by atoms with van der Waals surface area (Å²) in [7, 11) is 0. The molecule has 0 radical (unpaired) electrons. The van der Waals surface area contributed by atoms with Crippen LogP contribution in [0, 0.1) is 0 Å². The zero-order valence-corrected chi connectivity index (χ0v) is 12.7. The third kappa shape index (κ3) is 4.04. The second-order valence-electron chi connectivity index (χ2n) is 4.79. The molecule has 0 aliphatic heterocycles. The summed E-state index contributed by atoms with van der Waals surface area (Å²) in [5, 5.41) is 3.25. The fourth-order valence-electron chi connectivity index (χ4n) is 2.07. The molecule has 2 rings (SSSR count). The fourth-order valence-corrected chi connectivity index (χ4v) is 2.07. The molecule has 21 heavy (non-hydrogen) atoms. The smallest absolute Gasteiger partial charge is 0.231 e. The van der Waals surface area contributed by atoms with Gasteiger partial charge < -0.3 is 20.5 Å². The summed E-state index contributed by atoms with van der Waals surface area (Å²) >= 11 is 0. The van der Waals surface area contributed by atoms with Crippen LogP contribution < -0.4 is 16.0 Å². The van der Waals surface area contributed by atoms with E-state index in [-0.39, 0.29) is 12.0 Å². The Kier molecular flexibility index (Phi) is 4.91. The van der Waals surface area contributed by atoms with Crippen molar-refractivity contribution in [3.63, 3.8) is 0 Å². The maximum atomic E-state index is 5.77. The minimum Gasteiger partial charge on any atom is -0.368 e. The van der Waals surface area contributed by atoms with Gasteiger partial charge in [0, 0.05) is 38.1 Å². The third-order valence-electron chi connectivity index (χ3n) is 3.11. The van der Waals surface area contributed by atoms with Gasteiger partial charge in [0.05, 0.1) is 6.33 Å². The van der Waals surface area contributed by atoms with Crippen LogP contribution in [0.3, 0.4) is 0 Å². The molecule has 3 N–H and O–H groups in total. The van der Waals surface area contributed by atoms with Crippen molar-refractivity contribution in [2.75, 3.05) is 29.0 Å². The van der Waals surface area contributed by atoms with E-state index >= 15 is 0 Å². The first-order valence-electron chi connectivity index (χ1n) is 7.11. The van der Waals surface area contributed by atoms with Gasteiger partial charge in [-0.05, 0) is 20.8 Å². The Morgan fingerprint density at radius 2 is 2.05 bits per heavy atom. The first kappa shape index (κ1) is 15.0. The lowest BCUT2D eigenvalue weighted by Gasteiger charge is -2.20. The van der Waals surface area contributed by atoms with Crippen LogP contribution in [0.25, 0.3) is 0 Å². The van der Waals surface area contributed by atoms with Crippen molar-refractivity contribution in [1.82, 2.24) is 24.5 Å². The van der Waals surface area contributed by atoms with E-state index in [1.165, 1.54) is 0 Å². The van der Waals surface area contributed by atoms with Crippen molar-refractivity contribution >= 4 is 17.8 Å². The number of nitrogens with two attached hydrogens (primary N) is 1. The number of nitrogens with zero attached hydrogens (tertiary/aromatic N) is 6. The molecule has 0 aliphatic carbocycles. The first-order valence-corrected chi connectivity index (χ1v) is 7.11. The highest BCUT2D eigenvalue weighted by molar-refractivity contribution is 5.42. The molecule has 8 nitrogen and oxygen atoms in total. The Balaban J connectivity index is 2.08. The molecule has 1 atom stereocenters. The number of rotatable bonds is 7. The summed E-state index contributed by atoms with van der Waals surface area (Å²) in [6, 6.07) is 0.144. The summed E-state index contributed by atoms with van der Waals surface area (Å²) < 4.78 is 1.99. The zero-order chi connectivity index (χ0) is 15.2. The van der Waals surface area contributed by atoms with Crippen LogP contribution in [0.2, 0.25) is 0 Å². The van der Waals surface area contributed by atoms with Crippen molar-refractivity contribution in [1.29, 1.82) is 0 Å². The standard InChI is InChI=1S/C13H22N8/c1-4-21(5-2)13-18-11(14)17-12(19-13)16-10(3)8-20-7-6-15-9-20/h6-7,9-10H,4-5,8H2,1-3H3,(H3,14,16,17,18,19). The Labute approximate surface area is 124 Å². The van der Waals surface area contributed by atoms with E-state index in [4.69, 9.17) is 5.73 Å². The van der Waals surface area contributed by atoms with E-state index in [2.05, 4.69) is 46.0 Å². The van der Waals surface area contributed by atoms with Crippen LogP contribution in [0.5, 0.6) is 0 Å². The largest absolute Gasteiger partial charge is 0.368 e. The van der Waals surface area contributed by atoms with Gasteiger partial charge in [-0.15, -0.1) is 0 Å². The second kappa shape index (κ2) is 6.87. The van der Waals surface area contributed by atoms with E-state index in [0.29, 0.717) is 11.9 Å². The van der Waals surface area contributed by atoms with E-state index in [1.54, 1.807) is 12.5 Å². The lowest BCUT2D eigenvalue weighted by Crippen LogP contribution is -2.27. The summed E-state index contributed by atoms with van der Waals surface area (Å²) in [4.78, 5) is 18.8. The lowest BCUT2D eigenvalue weighted by molar-refractivity contribution is 0.614. The van der Waals surface area contributed by atoms with Gasteiger partial charge in [0.25, 0.3) is 0 Å². The number of nitrogen functional groups attached to an aromatic ring is 1. The molecule has 0 saturated carbocycles. The molecule has 0 fully saturated rings. The minimum absolute atomic E-state index is 0.144. The van der Waals surface area contributed by atoms with Gasteiger partial charge in [0.15, 0.2) is 0 Å². The van der Waals surface area contributed by atoms with Crippen LogP contribution in [-0.4, -0.2) is 43.6 Å². The number of hydrogen-bond donors (Lipinski definition) is 2. The number of hydrogen-bond acceptors (Lipinski definition) is 7. The Morgan fingerprint density at radius 3 is 2.67 bits per heavy atom. The molecule has 0 amide bonds. The van der Waals surface area contributed by atoms with Crippen molar-refractivity contribution in [3.05, 3.63) is 18.7 Å². The molecule has 0 saturated heterocycles. The van der Waals surface area contributed by atoms with Gasteiger partial charge in [-0.25, -0.2) is 4.98 Å². The van der Waals surface area contributed by atoms with Gasteiger partial charge >= 0.3 is 0 Å². The number of aromatic nitrogens is 5. The monoisotopic (exact) mass is 290 g/mol. The molecule has 1 unspecified atom stereocenters. The molecule has 0 aromatic carbocycles. The van der Waals surface area contributed by atoms with Gasteiger partial charge in [-0.2, -0.15) is 15.0 Å². The average molecular weight is 290 g/mol. The molecule has 2 aromatic heterocycles. The first-order chi connectivity index (χ1) is 10.1. The normalized spacial score (nSPS) is 12.1. The molecule has 2 heterocycles. The van der Waals surface area contributed by atoms with Crippen LogP contribution in [0.15, 0.2) is 18.7 Å². The second-order valence-corrected chi connectivity index (χ2v) is 4.79. The van der Waals surface area contributed by atoms with Crippen LogP contribution >= 0.6 is 0 Å². The average Bonchev–Trinajstić information content (AvgIpc) is 2.92. The quantitative estimate of drug-likeness (QED) is 0.785. The summed E-state index contributed by atoms with van der Waals surface area (Å²) in [6.07, 6.45) is 5.45.